The van der Waals surface area contributed by atoms with Crippen molar-refractivity contribution in [1.82, 2.24) is 9.55 Å². The van der Waals surface area contributed by atoms with Crippen LogP contribution < -0.4 is 5.14 Å². The van der Waals surface area contributed by atoms with Crippen molar-refractivity contribution in [2.24, 2.45) is 12.2 Å². The van der Waals surface area contributed by atoms with Crippen molar-refractivity contribution in [1.29, 1.82) is 0 Å². The van der Waals surface area contributed by atoms with Crippen molar-refractivity contribution >= 4 is 10.0 Å². The fourth-order valence-corrected chi connectivity index (χ4v) is 1.42. The predicted octanol–water partition coefficient (Wildman–Crippen LogP) is -0.791. The minimum absolute atomic E-state index is 0.163. The Balaban J connectivity index is 2.89. The van der Waals surface area contributed by atoms with E-state index in [0.717, 1.165) is 0 Å². The topological polar surface area (TPSA) is 78.0 Å². The number of sulfonamides is 1. The monoisotopic (exact) mass is 175 g/mol. The van der Waals surface area contributed by atoms with E-state index in [2.05, 4.69) is 4.98 Å². The molecule has 1 aromatic heterocycles. The van der Waals surface area contributed by atoms with Crippen LogP contribution in [-0.4, -0.2) is 18.0 Å². The molecule has 0 saturated carbocycles. The van der Waals surface area contributed by atoms with Crippen LogP contribution in [0.4, 0.5) is 0 Å². The molecule has 11 heavy (non-hydrogen) atoms. The summed E-state index contributed by atoms with van der Waals surface area (Å²) in [5.41, 5.74) is 0.590. The molecule has 0 unspecified atom stereocenters. The molecule has 0 radical (unpaired) electrons. The maximum absolute atomic E-state index is 10.6. The number of imidazole rings is 1. The highest BCUT2D eigenvalue weighted by atomic mass is 32.2. The zero-order valence-corrected chi connectivity index (χ0v) is 6.87. The summed E-state index contributed by atoms with van der Waals surface area (Å²) >= 11 is 0. The highest BCUT2D eigenvalue weighted by Crippen LogP contribution is 1.99. The molecule has 0 bridgehead atoms. The Morgan fingerprint density at radius 1 is 1.73 bits per heavy atom. The predicted molar refractivity (Wildman–Crippen MR) is 40.0 cm³/mol. The third kappa shape index (κ3) is 2.32. The van der Waals surface area contributed by atoms with Gasteiger partial charge in [-0.15, -0.1) is 0 Å². The van der Waals surface area contributed by atoms with E-state index in [1.54, 1.807) is 11.6 Å². The molecule has 1 rings (SSSR count). The number of hydrogen-bond acceptors (Lipinski definition) is 3. The Kier molecular flexibility index (Phi) is 1.97. The van der Waals surface area contributed by atoms with Crippen molar-refractivity contribution in [2.45, 2.75) is 5.75 Å². The number of rotatable bonds is 2. The van der Waals surface area contributed by atoms with Gasteiger partial charge < -0.3 is 4.57 Å². The molecular weight excluding hydrogens is 166 g/mol. The van der Waals surface area contributed by atoms with E-state index in [4.69, 9.17) is 5.14 Å². The van der Waals surface area contributed by atoms with Crippen molar-refractivity contribution < 1.29 is 8.42 Å². The van der Waals surface area contributed by atoms with Crippen LogP contribution >= 0.6 is 0 Å². The third-order valence-electron chi connectivity index (χ3n) is 1.27. The molecule has 0 atom stereocenters. The molecule has 2 N–H and O–H groups in total. The summed E-state index contributed by atoms with van der Waals surface area (Å²) in [6, 6.07) is 0. The summed E-state index contributed by atoms with van der Waals surface area (Å²) in [5.74, 6) is -0.163. The van der Waals surface area contributed by atoms with Gasteiger partial charge in [0, 0.05) is 13.2 Å². The van der Waals surface area contributed by atoms with Gasteiger partial charge >= 0.3 is 0 Å². The van der Waals surface area contributed by atoms with Crippen LogP contribution in [0.1, 0.15) is 5.69 Å². The molecule has 62 valence electrons. The second-order valence-electron chi connectivity index (χ2n) is 2.30. The highest BCUT2D eigenvalue weighted by molar-refractivity contribution is 7.88. The van der Waals surface area contributed by atoms with E-state index < -0.39 is 10.0 Å². The fraction of sp³-hybridized carbons (Fsp3) is 0.400. The molecule has 0 fully saturated rings. The second-order valence-corrected chi connectivity index (χ2v) is 3.92. The number of hydrogen-bond donors (Lipinski definition) is 1. The van der Waals surface area contributed by atoms with Gasteiger partial charge in [-0.25, -0.2) is 18.5 Å². The van der Waals surface area contributed by atoms with E-state index in [-0.39, 0.29) is 5.75 Å². The first-order valence-corrected chi connectivity index (χ1v) is 4.66. The van der Waals surface area contributed by atoms with E-state index >= 15 is 0 Å². The average molecular weight is 175 g/mol. The Bertz CT molecular complexity index is 340. The molecule has 5 nitrogen and oxygen atoms in total. The summed E-state index contributed by atoms with van der Waals surface area (Å²) in [6.45, 7) is 0. The summed E-state index contributed by atoms with van der Waals surface area (Å²) < 4.78 is 22.8. The van der Waals surface area contributed by atoms with Crippen LogP contribution in [0.3, 0.4) is 0 Å². The smallest absolute Gasteiger partial charge is 0.214 e. The number of nitrogens with zero attached hydrogens (tertiary/aromatic N) is 2. The lowest BCUT2D eigenvalue weighted by Gasteiger charge is -1.98. The Hall–Kier alpha value is -0.880. The first-order chi connectivity index (χ1) is 4.99. The molecule has 0 aliphatic carbocycles. The van der Waals surface area contributed by atoms with Gasteiger partial charge in [0.2, 0.25) is 10.0 Å². The zero-order chi connectivity index (χ0) is 8.48. The van der Waals surface area contributed by atoms with Crippen LogP contribution in [-0.2, 0) is 22.8 Å². The van der Waals surface area contributed by atoms with E-state index in [1.165, 1.54) is 12.5 Å². The normalized spacial score (nSPS) is 11.8. The zero-order valence-electron chi connectivity index (χ0n) is 6.06. The minimum atomic E-state index is -3.43. The molecule has 0 spiro atoms. The largest absolute Gasteiger partial charge is 0.337 e. The highest BCUT2D eigenvalue weighted by Gasteiger charge is 2.07. The fourth-order valence-electron chi connectivity index (χ4n) is 0.730. The van der Waals surface area contributed by atoms with E-state index in [1.807, 2.05) is 0 Å². The van der Waals surface area contributed by atoms with Gasteiger partial charge in [0.25, 0.3) is 0 Å². The number of nitrogens with two attached hydrogens (primary N) is 1. The third-order valence-corrected chi connectivity index (χ3v) is 1.96. The molecule has 0 aromatic carbocycles. The van der Waals surface area contributed by atoms with Crippen LogP contribution in [0.15, 0.2) is 12.5 Å². The Morgan fingerprint density at radius 3 is 2.73 bits per heavy atom. The Labute approximate surface area is 64.9 Å². The van der Waals surface area contributed by atoms with Gasteiger partial charge in [-0.1, -0.05) is 0 Å². The SMILES string of the molecule is Cn1cncc1CS(N)(=O)=O. The number of primary sulfonamides is 1. The van der Waals surface area contributed by atoms with Crippen LogP contribution in [0.5, 0.6) is 0 Å². The lowest BCUT2D eigenvalue weighted by molar-refractivity contribution is 0.595. The summed E-state index contributed by atoms with van der Waals surface area (Å²) in [6.07, 6.45) is 3.00. The lowest BCUT2D eigenvalue weighted by atomic mass is 10.5. The first-order valence-electron chi connectivity index (χ1n) is 2.95. The maximum atomic E-state index is 10.6. The van der Waals surface area contributed by atoms with E-state index in [0.29, 0.717) is 5.69 Å². The van der Waals surface area contributed by atoms with Gasteiger partial charge in [0.1, 0.15) is 5.75 Å². The summed E-state index contributed by atoms with van der Waals surface area (Å²) in [4.78, 5) is 3.75. The summed E-state index contributed by atoms with van der Waals surface area (Å²) in [7, 11) is -1.71. The minimum Gasteiger partial charge on any atom is -0.337 e. The van der Waals surface area contributed by atoms with Gasteiger partial charge in [0.05, 0.1) is 12.0 Å². The molecule has 0 aliphatic rings. The number of aromatic nitrogens is 2. The molecule has 0 amide bonds. The standard InChI is InChI=1S/C5H9N3O2S/c1-8-4-7-2-5(8)3-11(6,9)10/h2,4H,3H2,1H3,(H2,6,9,10). The molecule has 6 heteroatoms. The van der Waals surface area contributed by atoms with Crippen molar-refractivity contribution in [2.75, 3.05) is 0 Å². The quantitative estimate of drug-likeness (QED) is 0.639. The van der Waals surface area contributed by atoms with Crippen LogP contribution in [0.2, 0.25) is 0 Å². The van der Waals surface area contributed by atoms with Crippen LogP contribution in [0, 0.1) is 0 Å². The maximum Gasteiger partial charge on any atom is 0.214 e. The lowest BCUT2D eigenvalue weighted by Crippen LogP contribution is -2.16. The molecule has 0 aliphatic heterocycles. The number of aryl methyl sites for hydroxylation is 1. The summed E-state index contributed by atoms with van der Waals surface area (Å²) in [5, 5.41) is 4.83. The van der Waals surface area contributed by atoms with E-state index in [9.17, 15) is 8.42 Å². The van der Waals surface area contributed by atoms with Gasteiger partial charge in [-0.3, -0.25) is 0 Å². The average Bonchev–Trinajstić information content (AvgIpc) is 2.12. The molecule has 1 heterocycles. The molecule has 0 saturated heterocycles. The van der Waals surface area contributed by atoms with Gasteiger partial charge in [0.15, 0.2) is 0 Å². The second kappa shape index (κ2) is 2.63. The van der Waals surface area contributed by atoms with Gasteiger partial charge in [-0.05, 0) is 0 Å². The van der Waals surface area contributed by atoms with Crippen LogP contribution in [0.25, 0.3) is 0 Å². The van der Waals surface area contributed by atoms with Crippen molar-refractivity contribution in [3.05, 3.63) is 18.2 Å². The van der Waals surface area contributed by atoms with Crippen molar-refractivity contribution in [3.63, 3.8) is 0 Å². The van der Waals surface area contributed by atoms with Gasteiger partial charge in [-0.2, -0.15) is 0 Å². The Morgan fingerprint density at radius 2 is 2.36 bits per heavy atom. The van der Waals surface area contributed by atoms with Crippen molar-refractivity contribution in [3.8, 4) is 0 Å². The first kappa shape index (κ1) is 8.22. The molecular formula is C5H9N3O2S. The molecule has 1 aromatic rings.